The Balaban J connectivity index is 0.00000208. The average Bonchev–Trinajstić information content (AvgIpc) is 2.62. The minimum absolute atomic E-state index is 0. The molecular formula is C19H21IN4. The van der Waals surface area contributed by atoms with Gasteiger partial charge in [0.2, 0.25) is 0 Å². The number of fused-ring (bicyclic) bond motifs is 1. The number of hydrogen-bond acceptors (Lipinski definition) is 2. The monoisotopic (exact) mass is 432 g/mol. The lowest BCUT2D eigenvalue weighted by Crippen LogP contribution is -2.43. The van der Waals surface area contributed by atoms with Crippen LogP contribution in [0.4, 0.5) is 0 Å². The molecule has 24 heavy (non-hydrogen) atoms. The van der Waals surface area contributed by atoms with Crippen molar-refractivity contribution in [1.29, 1.82) is 5.26 Å². The van der Waals surface area contributed by atoms with Gasteiger partial charge in [0, 0.05) is 26.7 Å². The highest BCUT2D eigenvalue weighted by atomic mass is 127. The molecular weight excluding hydrogens is 411 g/mol. The van der Waals surface area contributed by atoms with E-state index in [1.165, 1.54) is 11.1 Å². The molecule has 0 saturated heterocycles. The number of guanidine groups is 1. The van der Waals surface area contributed by atoms with Gasteiger partial charge in [0.05, 0.1) is 11.6 Å². The first-order valence-corrected chi connectivity index (χ1v) is 7.81. The molecule has 0 amide bonds. The van der Waals surface area contributed by atoms with Gasteiger partial charge in [-0.05, 0) is 35.2 Å². The van der Waals surface area contributed by atoms with Crippen molar-refractivity contribution in [2.45, 2.75) is 19.5 Å². The molecule has 1 heterocycles. The maximum absolute atomic E-state index is 8.84. The zero-order valence-electron chi connectivity index (χ0n) is 13.7. The Morgan fingerprint density at radius 3 is 2.54 bits per heavy atom. The summed E-state index contributed by atoms with van der Waals surface area (Å²) in [5, 5.41) is 12.3. The molecule has 0 aliphatic carbocycles. The van der Waals surface area contributed by atoms with Crippen LogP contribution in [0.2, 0.25) is 0 Å². The van der Waals surface area contributed by atoms with E-state index in [0.29, 0.717) is 12.1 Å². The number of halogens is 1. The smallest absolute Gasteiger partial charge is 0.194 e. The van der Waals surface area contributed by atoms with Gasteiger partial charge in [-0.1, -0.05) is 36.4 Å². The summed E-state index contributed by atoms with van der Waals surface area (Å²) in [4.78, 5) is 6.70. The van der Waals surface area contributed by atoms with Gasteiger partial charge in [0.1, 0.15) is 0 Å². The van der Waals surface area contributed by atoms with Gasteiger partial charge in [0.15, 0.2) is 5.96 Å². The number of rotatable bonds is 2. The van der Waals surface area contributed by atoms with Gasteiger partial charge >= 0.3 is 0 Å². The van der Waals surface area contributed by atoms with E-state index in [4.69, 9.17) is 5.26 Å². The second-order valence-electron chi connectivity index (χ2n) is 5.65. The summed E-state index contributed by atoms with van der Waals surface area (Å²) in [5.41, 5.74) is 4.64. The third-order valence-electron chi connectivity index (χ3n) is 4.18. The van der Waals surface area contributed by atoms with Crippen LogP contribution in [-0.4, -0.2) is 24.5 Å². The van der Waals surface area contributed by atoms with Crippen molar-refractivity contribution in [3.05, 3.63) is 70.8 Å². The molecule has 3 rings (SSSR count). The second kappa shape index (κ2) is 8.69. The van der Waals surface area contributed by atoms with Gasteiger partial charge in [-0.15, -0.1) is 24.0 Å². The number of nitriles is 1. The molecule has 1 aliphatic heterocycles. The first-order chi connectivity index (χ1) is 11.3. The van der Waals surface area contributed by atoms with Crippen LogP contribution in [0.1, 0.15) is 22.3 Å². The topological polar surface area (TPSA) is 51.4 Å². The van der Waals surface area contributed by atoms with Crippen molar-refractivity contribution in [3.8, 4) is 6.07 Å². The Labute approximate surface area is 160 Å². The van der Waals surface area contributed by atoms with Gasteiger partial charge < -0.3 is 10.2 Å². The van der Waals surface area contributed by atoms with E-state index < -0.39 is 0 Å². The normalized spacial score (nSPS) is 13.5. The van der Waals surface area contributed by atoms with Gasteiger partial charge in [-0.3, -0.25) is 4.99 Å². The summed E-state index contributed by atoms with van der Waals surface area (Å²) in [6.07, 6.45) is 1.05. The molecule has 1 N–H and O–H groups in total. The van der Waals surface area contributed by atoms with Crippen molar-refractivity contribution in [3.63, 3.8) is 0 Å². The van der Waals surface area contributed by atoms with Crippen LogP contribution in [0.5, 0.6) is 0 Å². The zero-order valence-corrected chi connectivity index (χ0v) is 16.0. The van der Waals surface area contributed by atoms with E-state index in [-0.39, 0.29) is 24.0 Å². The largest absolute Gasteiger partial charge is 0.352 e. The summed E-state index contributed by atoms with van der Waals surface area (Å²) in [6.45, 7) is 2.57. The van der Waals surface area contributed by atoms with E-state index in [0.717, 1.165) is 31.0 Å². The number of nitrogens with one attached hydrogen (secondary N) is 1. The van der Waals surface area contributed by atoms with Crippen molar-refractivity contribution in [2.24, 2.45) is 4.99 Å². The van der Waals surface area contributed by atoms with Crippen LogP contribution < -0.4 is 5.32 Å². The SMILES string of the molecule is CN=C(NCc1ccc(C#N)cc1)N1CCc2ccccc2C1.I. The summed E-state index contributed by atoms with van der Waals surface area (Å²) in [7, 11) is 1.82. The first-order valence-electron chi connectivity index (χ1n) is 7.81. The second-order valence-corrected chi connectivity index (χ2v) is 5.65. The Hall–Kier alpha value is -2.07. The fraction of sp³-hybridized carbons (Fsp3) is 0.263. The minimum atomic E-state index is 0. The molecule has 0 saturated carbocycles. The van der Waals surface area contributed by atoms with E-state index in [9.17, 15) is 0 Å². The molecule has 2 aromatic carbocycles. The summed E-state index contributed by atoms with van der Waals surface area (Å²) < 4.78 is 0. The molecule has 5 heteroatoms. The van der Waals surface area contributed by atoms with Crippen LogP contribution >= 0.6 is 24.0 Å². The van der Waals surface area contributed by atoms with Crippen molar-refractivity contribution >= 4 is 29.9 Å². The fourth-order valence-corrected chi connectivity index (χ4v) is 2.89. The molecule has 0 fully saturated rings. The standard InChI is InChI=1S/C19H20N4.HI/c1-21-19(22-13-16-8-6-15(12-20)7-9-16)23-11-10-17-4-2-3-5-18(17)14-23;/h2-9H,10-11,13-14H2,1H3,(H,21,22);1H. The van der Waals surface area contributed by atoms with Crippen LogP contribution in [-0.2, 0) is 19.5 Å². The molecule has 2 aromatic rings. The highest BCUT2D eigenvalue weighted by Crippen LogP contribution is 2.18. The third kappa shape index (κ3) is 4.26. The van der Waals surface area contributed by atoms with Crippen LogP contribution in [0.25, 0.3) is 0 Å². The molecule has 0 unspecified atom stereocenters. The Morgan fingerprint density at radius 2 is 1.88 bits per heavy atom. The maximum atomic E-state index is 8.84. The molecule has 0 atom stereocenters. The van der Waals surface area contributed by atoms with Crippen LogP contribution in [0.3, 0.4) is 0 Å². The lowest BCUT2D eigenvalue weighted by Gasteiger charge is -2.31. The lowest BCUT2D eigenvalue weighted by molar-refractivity contribution is 0.378. The fourth-order valence-electron chi connectivity index (χ4n) is 2.89. The predicted molar refractivity (Wildman–Crippen MR) is 107 cm³/mol. The Bertz CT molecular complexity index is 747. The number of nitrogens with zero attached hydrogens (tertiary/aromatic N) is 3. The van der Waals surface area contributed by atoms with E-state index in [2.05, 4.69) is 45.5 Å². The summed E-state index contributed by atoms with van der Waals surface area (Å²) in [6, 6.07) is 18.4. The molecule has 0 spiro atoms. The van der Waals surface area contributed by atoms with E-state index in [1.807, 2.05) is 31.3 Å². The highest BCUT2D eigenvalue weighted by Gasteiger charge is 2.18. The molecule has 1 aliphatic rings. The van der Waals surface area contributed by atoms with Gasteiger partial charge in [-0.2, -0.15) is 5.26 Å². The van der Waals surface area contributed by atoms with Crippen molar-refractivity contribution in [2.75, 3.05) is 13.6 Å². The molecule has 124 valence electrons. The van der Waals surface area contributed by atoms with Crippen LogP contribution in [0, 0.1) is 11.3 Å². The molecule has 0 bridgehead atoms. The zero-order chi connectivity index (χ0) is 16.1. The van der Waals surface area contributed by atoms with Crippen molar-refractivity contribution in [1.82, 2.24) is 10.2 Å². The van der Waals surface area contributed by atoms with E-state index in [1.54, 1.807) is 0 Å². The molecule has 0 aromatic heterocycles. The summed E-state index contributed by atoms with van der Waals surface area (Å²) in [5.74, 6) is 0.920. The number of aliphatic imine (C=N–C) groups is 1. The van der Waals surface area contributed by atoms with Crippen LogP contribution in [0.15, 0.2) is 53.5 Å². The van der Waals surface area contributed by atoms with E-state index >= 15 is 0 Å². The number of benzene rings is 2. The molecule has 4 nitrogen and oxygen atoms in total. The van der Waals surface area contributed by atoms with Gasteiger partial charge in [0.25, 0.3) is 0 Å². The minimum Gasteiger partial charge on any atom is -0.352 e. The van der Waals surface area contributed by atoms with Crippen molar-refractivity contribution < 1.29 is 0 Å². The Morgan fingerprint density at radius 1 is 1.17 bits per heavy atom. The number of hydrogen-bond donors (Lipinski definition) is 1. The summed E-state index contributed by atoms with van der Waals surface area (Å²) >= 11 is 0. The maximum Gasteiger partial charge on any atom is 0.194 e. The average molecular weight is 432 g/mol. The Kier molecular flexibility index (Phi) is 6.62. The first kappa shape index (κ1) is 18.3. The van der Waals surface area contributed by atoms with Gasteiger partial charge in [-0.25, -0.2) is 0 Å². The quantitative estimate of drug-likeness (QED) is 0.450. The third-order valence-corrected chi connectivity index (χ3v) is 4.18. The predicted octanol–water partition coefficient (Wildman–Crippen LogP) is 3.31. The molecule has 0 radical (unpaired) electrons. The lowest BCUT2D eigenvalue weighted by atomic mass is 10.0. The highest BCUT2D eigenvalue weighted by molar-refractivity contribution is 14.0.